The van der Waals surface area contributed by atoms with Crippen molar-refractivity contribution < 1.29 is 13.5 Å². The smallest absolute Gasteiger partial charge is 0.191 e. The van der Waals surface area contributed by atoms with Crippen LogP contribution >= 0.6 is 24.0 Å². The highest BCUT2D eigenvalue weighted by molar-refractivity contribution is 14.0. The standard InChI is InChI=1S/C19H32F2N4O.HI/c1-5-25(6-2)12-7-8-15(3)24-19(22-4)23-11-13-26-18-10-9-16(20)14-17(18)21;/h9-10,14-15H,5-8,11-13H2,1-4H3,(H2,22,23,24);1H. The van der Waals surface area contributed by atoms with Crippen molar-refractivity contribution in [3.63, 3.8) is 0 Å². The second kappa shape index (κ2) is 14.8. The van der Waals surface area contributed by atoms with Crippen molar-refractivity contribution >= 4 is 29.9 Å². The van der Waals surface area contributed by atoms with E-state index < -0.39 is 11.6 Å². The molecule has 0 amide bonds. The summed E-state index contributed by atoms with van der Waals surface area (Å²) < 4.78 is 31.6. The molecule has 0 aliphatic carbocycles. The molecule has 27 heavy (non-hydrogen) atoms. The molecule has 0 heterocycles. The molecule has 0 bridgehead atoms. The molecule has 0 fully saturated rings. The molecule has 8 heteroatoms. The Bertz CT molecular complexity index is 557. The zero-order valence-electron chi connectivity index (χ0n) is 16.7. The van der Waals surface area contributed by atoms with Gasteiger partial charge in [0.05, 0.1) is 6.54 Å². The van der Waals surface area contributed by atoms with Gasteiger partial charge in [-0.3, -0.25) is 4.99 Å². The summed E-state index contributed by atoms with van der Waals surface area (Å²) in [7, 11) is 1.71. The van der Waals surface area contributed by atoms with Crippen LogP contribution in [-0.4, -0.2) is 56.7 Å². The van der Waals surface area contributed by atoms with E-state index in [1.54, 1.807) is 7.05 Å². The quantitative estimate of drug-likeness (QED) is 0.212. The number of nitrogens with one attached hydrogen (secondary N) is 2. The topological polar surface area (TPSA) is 48.9 Å². The first-order chi connectivity index (χ1) is 12.5. The average Bonchev–Trinajstić information content (AvgIpc) is 2.62. The monoisotopic (exact) mass is 498 g/mol. The maximum absolute atomic E-state index is 13.5. The maximum atomic E-state index is 13.5. The van der Waals surface area contributed by atoms with E-state index in [0.29, 0.717) is 18.5 Å². The van der Waals surface area contributed by atoms with E-state index in [1.807, 2.05) is 0 Å². The third kappa shape index (κ3) is 10.7. The molecule has 0 spiro atoms. The molecular weight excluding hydrogens is 465 g/mol. The molecule has 0 radical (unpaired) electrons. The van der Waals surface area contributed by atoms with Crippen LogP contribution in [0.1, 0.15) is 33.6 Å². The highest BCUT2D eigenvalue weighted by atomic mass is 127. The minimum atomic E-state index is -0.700. The molecule has 0 aliphatic rings. The second-order valence-corrected chi connectivity index (χ2v) is 6.14. The summed E-state index contributed by atoms with van der Waals surface area (Å²) in [6.45, 7) is 10.4. The lowest BCUT2D eigenvalue weighted by Gasteiger charge is -2.21. The summed E-state index contributed by atoms with van der Waals surface area (Å²) >= 11 is 0. The minimum absolute atomic E-state index is 0. The Balaban J connectivity index is 0.00000676. The van der Waals surface area contributed by atoms with Crippen molar-refractivity contribution in [1.82, 2.24) is 15.5 Å². The van der Waals surface area contributed by atoms with Gasteiger partial charge in [-0.2, -0.15) is 0 Å². The Morgan fingerprint density at radius 2 is 1.96 bits per heavy atom. The summed E-state index contributed by atoms with van der Waals surface area (Å²) in [6, 6.07) is 3.57. The van der Waals surface area contributed by atoms with Gasteiger partial charge in [-0.1, -0.05) is 13.8 Å². The molecule has 1 aromatic carbocycles. The summed E-state index contributed by atoms with van der Waals surface area (Å²) in [6.07, 6.45) is 2.17. The fourth-order valence-electron chi connectivity index (χ4n) is 2.58. The summed E-state index contributed by atoms with van der Waals surface area (Å²) in [5.41, 5.74) is 0. The van der Waals surface area contributed by atoms with E-state index in [4.69, 9.17) is 4.74 Å². The number of halogens is 3. The largest absolute Gasteiger partial charge is 0.489 e. The summed E-state index contributed by atoms with van der Waals surface area (Å²) in [5.74, 6) is -0.591. The van der Waals surface area contributed by atoms with E-state index in [0.717, 1.165) is 38.5 Å². The Labute approximate surface area is 179 Å². The number of hydrogen-bond acceptors (Lipinski definition) is 3. The Morgan fingerprint density at radius 3 is 2.56 bits per heavy atom. The van der Waals surface area contributed by atoms with Crippen LogP contribution in [0.25, 0.3) is 0 Å². The van der Waals surface area contributed by atoms with Crippen molar-refractivity contribution in [1.29, 1.82) is 0 Å². The van der Waals surface area contributed by atoms with E-state index >= 15 is 0 Å². The van der Waals surface area contributed by atoms with Gasteiger partial charge >= 0.3 is 0 Å². The van der Waals surface area contributed by atoms with Gasteiger partial charge in [0.1, 0.15) is 12.4 Å². The Hall–Kier alpha value is -1.16. The lowest BCUT2D eigenvalue weighted by molar-refractivity contribution is 0.292. The average molecular weight is 498 g/mol. The molecule has 2 N–H and O–H groups in total. The molecule has 0 aromatic heterocycles. The predicted octanol–water partition coefficient (Wildman–Crippen LogP) is 3.64. The van der Waals surface area contributed by atoms with E-state index in [2.05, 4.69) is 41.3 Å². The maximum Gasteiger partial charge on any atom is 0.191 e. The van der Waals surface area contributed by atoms with Crippen LogP contribution in [0.2, 0.25) is 0 Å². The fraction of sp³-hybridized carbons (Fsp3) is 0.632. The SMILES string of the molecule is CCN(CC)CCCC(C)NC(=NC)NCCOc1ccc(F)cc1F.I. The first-order valence-electron chi connectivity index (χ1n) is 9.27. The third-order valence-corrected chi connectivity index (χ3v) is 4.16. The first kappa shape index (κ1) is 25.8. The van der Waals surface area contributed by atoms with Crippen LogP contribution in [0.5, 0.6) is 5.75 Å². The van der Waals surface area contributed by atoms with Gasteiger partial charge in [0.2, 0.25) is 0 Å². The lowest BCUT2D eigenvalue weighted by Crippen LogP contribution is -2.43. The number of aliphatic imine (C=N–C) groups is 1. The van der Waals surface area contributed by atoms with Crippen LogP contribution in [0.15, 0.2) is 23.2 Å². The number of rotatable bonds is 11. The molecular formula is C19H33F2IN4O. The summed E-state index contributed by atoms with van der Waals surface area (Å²) in [5, 5.41) is 6.46. The lowest BCUT2D eigenvalue weighted by atomic mass is 10.2. The van der Waals surface area contributed by atoms with Crippen molar-refractivity contribution in [2.75, 3.05) is 39.8 Å². The third-order valence-electron chi connectivity index (χ3n) is 4.16. The van der Waals surface area contributed by atoms with Gasteiger partial charge in [-0.25, -0.2) is 8.78 Å². The second-order valence-electron chi connectivity index (χ2n) is 6.14. The summed E-state index contributed by atoms with van der Waals surface area (Å²) in [4.78, 5) is 6.59. The zero-order valence-corrected chi connectivity index (χ0v) is 19.1. The molecule has 1 rings (SSSR count). The van der Waals surface area contributed by atoms with Crippen LogP contribution in [0, 0.1) is 11.6 Å². The van der Waals surface area contributed by atoms with Gasteiger partial charge in [-0.15, -0.1) is 24.0 Å². The van der Waals surface area contributed by atoms with E-state index in [1.165, 1.54) is 12.1 Å². The van der Waals surface area contributed by atoms with Crippen molar-refractivity contribution in [2.24, 2.45) is 4.99 Å². The van der Waals surface area contributed by atoms with Crippen LogP contribution in [0.4, 0.5) is 8.78 Å². The molecule has 0 saturated carbocycles. The van der Waals surface area contributed by atoms with Crippen molar-refractivity contribution in [3.05, 3.63) is 29.8 Å². The molecule has 156 valence electrons. The van der Waals surface area contributed by atoms with E-state index in [9.17, 15) is 8.78 Å². The van der Waals surface area contributed by atoms with Gasteiger partial charge in [0.25, 0.3) is 0 Å². The Kier molecular flexibility index (Phi) is 14.2. The van der Waals surface area contributed by atoms with E-state index in [-0.39, 0.29) is 36.3 Å². The number of guanidine groups is 1. The highest BCUT2D eigenvalue weighted by Gasteiger charge is 2.07. The Morgan fingerprint density at radius 1 is 1.26 bits per heavy atom. The van der Waals surface area contributed by atoms with Crippen molar-refractivity contribution in [2.45, 2.75) is 39.7 Å². The van der Waals surface area contributed by atoms with Crippen LogP contribution in [0.3, 0.4) is 0 Å². The zero-order chi connectivity index (χ0) is 19.4. The number of nitrogens with zero attached hydrogens (tertiary/aromatic N) is 2. The van der Waals surface area contributed by atoms with Crippen molar-refractivity contribution in [3.8, 4) is 5.75 Å². The predicted molar refractivity (Wildman–Crippen MR) is 118 cm³/mol. The molecule has 1 atom stereocenters. The molecule has 0 saturated heterocycles. The number of hydrogen-bond donors (Lipinski definition) is 2. The van der Waals surface area contributed by atoms with Gasteiger partial charge < -0.3 is 20.3 Å². The molecule has 5 nitrogen and oxygen atoms in total. The van der Waals surface area contributed by atoms with Crippen LogP contribution in [-0.2, 0) is 0 Å². The first-order valence-corrected chi connectivity index (χ1v) is 9.27. The van der Waals surface area contributed by atoms with Gasteiger partial charge in [0, 0.05) is 19.2 Å². The number of benzene rings is 1. The molecule has 1 aromatic rings. The van der Waals surface area contributed by atoms with Crippen LogP contribution < -0.4 is 15.4 Å². The molecule has 0 aliphatic heterocycles. The van der Waals surface area contributed by atoms with Gasteiger partial charge in [0.15, 0.2) is 17.5 Å². The fourth-order valence-corrected chi connectivity index (χ4v) is 2.58. The normalized spacial score (nSPS) is 12.5. The highest BCUT2D eigenvalue weighted by Crippen LogP contribution is 2.17. The van der Waals surface area contributed by atoms with Gasteiger partial charge in [-0.05, 0) is 51.5 Å². The minimum Gasteiger partial charge on any atom is -0.489 e. The molecule has 1 unspecified atom stereocenters. The number of ether oxygens (including phenoxy) is 1.